The maximum atomic E-state index is 11.2. The van der Waals surface area contributed by atoms with Gasteiger partial charge in [0.1, 0.15) is 5.69 Å². The Labute approximate surface area is 92.5 Å². The highest BCUT2D eigenvalue weighted by Crippen LogP contribution is 2.16. The van der Waals surface area contributed by atoms with Crippen molar-refractivity contribution in [2.75, 3.05) is 0 Å². The van der Waals surface area contributed by atoms with Crippen LogP contribution in [0.4, 0.5) is 0 Å². The number of aromatic nitrogens is 1. The molecule has 0 atom stereocenters. The molecule has 2 N–H and O–H groups in total. The van der Waals surface area contributed by atoms with Gasteiger partial charge < -0.3 is 0 Å². The lowest BCUT2D eigenvalue weighted by molar-refractivity contribution is 0.0701. The van der Waals surface area contributed by atoms with E-state index in [2.05, 4.69) is 4.98 Å². The molecular weight excluding hydrogens is 204 g/mol. The molecule has 4 nitrogen and oxygen atoms in total. The lowest BCUT2D eigenvalue weighted by atomic mass is 10.1. The monoisotopic (exact) mass is 214 g/mol. The van der Waals surface area contributed by atoms with E-state index in [0.717, 1.165) is 5.56 Å². The number of hydrogen-bond donors (Lipinski definition) is 2. The van der Waals surface area contributed by atoms with E-state index in [1.165, 1.54) is 6.07 Å². The largest absolute Gasteiger partial charge is 0.293 e. The molecule has 16 heavy (non-hydrogen) atoms. The molecule has 1 aromatic heterocycles. The van der Waals surface area contributed by atoms with Crippen molar-refractivity contribution in [1.29, 1.82) is 0 Å². The van der Waals surface area contributed by atoms with Crippen molar-refractivity contribution in [3.8, 4) is 11.3 Å². The summed E-state index contributed by atoms with van der Waals surface area (Å²) in [6, 6.07) is 14.6. The third kappa shape index (κ3) is 2.07. The molecule has 0 radical (unpaired) electrons. The average molecular weight is 214 g/mol. The molecule has 0 bridgehead atoms. The van der Waals surface area contributed by atoms with Crippen LogP contribution in [0.15, 0.2) is 48.5 Å². The van der Waals surface area contributed by atoms with Gasteiger partial charge in [0, 0.05) is 5.56 Å². The van der Waals surface area contributed by atoms with Crippen molar-refractivity contribution in [3.05, 3.63) is 54.2 Å². The Morgan fingerprint density at radius 2 is 1.81 bits per heavy atom. The minimum Gasteiger partial charge on any atom is -0.288 e. The van der Waals surface area contributed by atoms with E-state index in [4.69, 9.17) is 5.21 Å². The Morgan fingerprint density at radius 3 is 2.50 bits per heavy atom. The number of hydroxylamine groups is 1. The molecule has 0 saturated carbocycles. The molecule has 0 saturated heterocycles. The molecule has 0 spiro atoms. The van der Waals surface area contributed by atoms with Crippen LogP contribution >= 0.6 is 0 Å². The Bertz CT molecular complexity index is 497. The van der Waals surface area contributed by atoms with E-state index in [9.17, 15) is 4.79 Å². The van der Waals surface area contributed by atoms with Crippen molar-refractivity contribution in [2.24, 2.45) is 0 Å². The van der Waals surface area contributed by atoms with Crippen LogP contribution < -0.4 is 5.48 Å². The summed E-state index contributed by atoms with van der Waals surface area (Å²) in [4.78, 5) is 15.3. The molecule has 0 aliphatic rings. The molecule has 0 fully saturated rings. The van der Waals surface area contributed by atoms with E-state index in [1.807, 2.05) is 36.4 Å². The van der Waals surface area contributed by atoms with Crippen LogP contribution in [0.5, 0.6) is 0 Å². The lowest BCUT2D eigenvalue weighted by Gasteiger charge is -2.02. The smallest absolute Gasteiger partial charge is 0.288 e. The summed E-state index contributed by atoms with van der Waals surface area (Å²) in [5.74, 6) is -0.613. The number of benzene rings is 1. The van der Waals surface area contributed by atoms with Gasteiger partial charge in [-0.25, -0.2) is 10.5 Å². The van der Waals surface area contributed by atoms with Gasteiger partial charge in [0.2, 0.25) is 0 Å². The zero-order valence-corrected chi connectivity index (χ0v) is 8.42. The molecule has 2 aromatic rings. The maximum Gasteiger partial charge on any atom is 0.293 e. The number of carbonyl (C=O) groups is 1. The molecule has 4 heteroatoms. The van der Waals surface area contributed by atoms with Crippen LogP contribution in [-0.2, 0) is 0 Å². The molecular formula is C12H10N2O2. The fraction of sp³-hybridized carbons (Fsp3) is 0. The van der Waals surface area contributed by atoms with Gasteiger partial charge in [0.15, 0.2) is 0 Å². The van der Waals surface area contributed by atoms with Gasteiger partial charge in [-0.2, -0.15) is 0 Å². The molecule has 80 valence electrons. The highest BCUT2D eigenvalue weighted by Gasteiger charge is 2.06. The Kier molecular flexibility index (Phi) is 2.93. The molecule has 1 heterocycles. The Hall–Kier alpha value is -2.20. The first-order valence-electron chi connectivity index (χ1n) is 4.78. The molecule has 0 unspecified atom stereocenters. The normalized spacial score (nSPS) is 9.81. The number of nitrogens with zero attached hydrogens (tertiary/aromatic N) is 1. The standard InChI is InChI=1S/C12H10N2O2/c15-12(14-16)11-8-4-7-10(13-11)9-5-2-1-3-6-9/h1-8,16H,(H,14,15). The predicted molar refractivity (Wildman–Crippen MR) is 58.9 cm³/mol. The van der Waals surface area contributed by atoms with Crippen LogP contribution in [0, 0.1) is 0 Å². The number of rotatable bonds is 2. The molecule has 0 aliphatic carbocycles. The summed E-state index contributed by atoms with van der Waals surface area (Å²) < 4.78 is 0. The lowest BCUT2D eigenvalue weighted by Crippen LogP contribution is -2.19. The van der Waals surface area contributed by atoms with Gasteiger partial charge in [-0.1, -0.05) is 36.4 Å². The number of nitrogens with one attached hydrogen (secondary N) is 1. The maximum absolute atomic E-state index is 11.2. The zero-order chi connectivity index (χ0) is 11.4. The summed E-state index contributed by atoms with van der Waals surface area (Å²) >= 11 is 0. The van der Waals surface area contributed by atoms with E-state index in [0.29, 0.717) is 5.69 Å². The second kappa shape index (κ2) is 4.55. The topological polar surface area (TPSA) is 62.2 Å². The van der Waals surface area contributed by atoms with E-state index < -0.39 is 5.91 Å². The summed E-state index contributed by atoms with van der Waals surface area (Å²) in [6.45, 7) is 0. The van der Waals surface area contributed by atoms with Gasteiger partial charge in [-0.3, -0.25) is 10.0 Å². The van der Waals surface area contributed by atoms with Crippen molar-refractivity contribution in [3.63, 3.8) is 0 Å². The highest BCUT2D eigenvalue weighted by atomic mass is 16.5. The Morgan fingerprint density at radius 1 is 1.06 bits per heavy atom. The highest BCUT2D eigenvalue weighted by molar-refractivity contribution is 5.91. The first-order valence-corrected chi connectivity index (χ1v) is 4.78. The number of amides is 1. The second-order valence-corrected chi connectivity index (χ2v) is 3.22. The molecule has 2 rings (SSSR count). The summed E-state index contributed by atoms with van der Waals surface area (Å²) in [5, 5.41) is 8.51. The van der Waals surface area contributed by atoms with Crippen LogP contribution in [-0.4, -0.2) is 16.1 Å². The average Bonchev–Trinajstić information content (AvgIpc) is 2.39. The van der Waals surface area contributed by atoms with Crippen LogP contribution in [0.25, 0.3) is 11.3 Å². The summed E-state index contributed by atoms with van der Waals surface area (Å²) in [7, 11) is 0. The van der Waals surface area contributed by atoms with E-state index >= 15 is 0 Å². The first-order chi connectivity index (χ1) is 7.81. The van der Waals surface area contributed by atoms with Gasteiger partial charge in [-0.15, -0.1) is 0 Å². The fourth-order valence-electron chi connectivity index (χ4n) is 1.39. The third-order valence-corrected chi connectivity index (χ3v) is 2.15. The van der Waals surface area contributed by atoms with E-state index in [1.54, 1.807) is 11.5 Å². The summed E-state index contributed by atoms with van der Waals surface area (Å²) in [6.07, 6.45) is 0. The van der Waals surface area contributed by atoms with Crippen LogP contribution in [0.3, 0.4) is 0 Å². The number of carbonyl (C=O) groups excluding carboxylic acids is 1. The van der Waals surface area contributed by atoms with Crippen molar-refractivity contribution in [2.45, 2.75) is 0 Å². The first kappa shape index (κ1) is 10.3. The molecule has 0 aliphatic heterocycles. The predicted octanol–water partition coefficient (Wildman–Crippen LogP) is 1.87. The summed E-state index contributed by atoms with van der Waals surface area (Å²) in [5.41, 5.74) is 3.36. The Balaban J connectivity index is 2.40. The van der Waals surface area contributed by atoms with Gasteiger partial charge >= 0.3 is 0 Å². The number of hydrogen-bond acceptors (Lipinski definition) is 3. The second-order valence-electron chi connectivity index (χ2n) is 3.22. The van der Waals surface area contributed by atoms with Gasteiger partial charge in [0.25, 0.3) is 5.91 Å². The van der Waals surface area contributed by atoms with Crippen LogP contribution in [0.1, 0.15) is 10.5 Å². The number of pyridine rings is 1. The minimum atomic E-state index is -0.613. The minimum absolute atomic E-state index is 0.184. The van der Waals surface area contributed by atoms with Crippen molar-refractivity contribution >= 4 is 5.91 Å². The molecule has 1 aromatic carbocycles. The molecule has 1 amide bonds. The van der Waals surface area contributed by atoms with E-state index in [-0.39, 0.29) is 5.69 Å². The van der Waals surface area contributed by atoms with Gasteiger partial charge in [-0.05, 0) is 12.1 Å². The quantitative estimate of drug-likeness (QED) is 0.592. The van der Waals surface area contributed by atoms with Crippen LogP contribution in [0.2, 0.25) is 0 Å². The fourth-order valence-corrected chi connectivity index (χ4v) is 1.39. The van der Waals surface area contributed by atoms with Gasteiger partial charge in [0.05, 0.1) is 5.69 Å². The van der Waals surface area contributed by atoms with Crippen molar-refractivity contribution in [1.82, 2.24) is 10.5 Å². The van der Waals surface area contributed by atoms with Crippen molar-refractivity contribution < 1.29 is 10.0 Å². The zero-order valence-electron chi connectivity index (χ0n) is 8.42. The SMILES string of the molecule is O=C(NO)c1cccc(-c2ccccc2)n1. The third-order valence-electron chi connectivity index (χ3n) is 2.15.